The lowest BCUT2D eigenvalue weighted by atomic mass is 10.1. The van der Waals surface area contributed by atoms with Crippen LogP contribution >= 0.6 is 0 Å². The summed E-state index contributed by atoms with van der Waals surface area (Å²) in [5, 5.41) is 0. The standard InChI is InChI=1S/C16H15N5O/c1-10-8-13(6-7-19-10)22-12-4-2-11(3-5-12)14-9-20-16(18)21-15(14)17/h2-9H,1H3,(H4,17,18,20,21). The average molecular weight is 293 g/mol. The molecule has 2 heterocycles. The molecule has 2 aromatic heterocycles. The molecule has 0 saturated heterocycles. The number of nitrogens with two attached hydrogens (primary N) is 2. The van der Waals surface area contributed by atoms with Crippen molar-refractivity contribution in [3.63, 3.8) is 0 Å². The highest BCUT2D eigenvalue weighted by Gasteiger charge is 2.06. The smallest absolute Gasteiger partial charge is 0.221 e. The van der Waals surface area contributed by atoms with Gasteiger partial charge in [-0.3, -0.25) is 4.98 Å². The van der Waals surface area contributed by atoms with Crippen LogP contribution in [0.2, 0.25) is 0 Å². The molecule has 0 atom stereocenters. The summed E-state index contributed by atoms with van der Waals surface area (Å²) in [6, 6.07) is 11.2. The Hall–Kier alpha value is -3.15. The Kier molecular flexibility index (Phi) is 3.57. The van der Waals surface area contributed by atoms with Crippen molar-refractivity contribution in [2.75, 3.05) is 11.5 Å². The molecule has 0 radical (unpaired) electrons. The summed E-state index contributed by atoms with van der Waals surface area (Å²) in [4.78, 5) is 12.1. The second-order valence-electron chi connectivity index (χ2n) is 4.79. The van der Waals surface area contributed by atoms with Crippen LogP contribution in [0, 0.1) is 6.92 Å². The van der Waals surface area contributed by atoms with E-state index in [2.05, 4.69) is 15.0 Å². The lowest BCUT2D eigenvalue weighted by Gasteiger charge is -2.08. The average Bonchev–Trinajstić information content (AvgIpc) is 2.48. The lowest BCUT2D eigenvalue weighted by Crippen LogP contribution is -2.00. The van der Waals surface area contributed by atoms with Gasteiger partial charge in [0.05, 0.1) is 0 Å². The second-order valence-corrected chi connectivity index (χ2v) is 4.79. The highest BCUT2D eigenvalue weighted by atomic mass is 16.5. The van der Waals surface area contributed by atoms with E-state index in [0.717, 1.165) is 28.3 Å². The molecular weight excluding hydrogens is 278 g/mol. The fraction of sp³-hybridized carbons (Fsp3) is 0.0625. The van der Waals surface area contributed by atoms with E-state index in [0.29, 0.717) is 5.82 Å². The number of rotatable bonds is 3. The van der Waals surface area contributed by atoms with E-state index >= 15 is 0 Å². The van der Waals surface area contributed by atoms with Crippen LogP contribution in [-0.2, 0) is 0 Å². The Bertz CT molecular complexity index is 802. The molecule has 0 unspecified atom stereocenters. The number of anilines is 2. The molecule has 0 fully saturated rings. The summed E-state index contributed by atoms with van der Waals surface area (Å²) in [5.74, 6) is 1.99. The third-order valence-corrected chi connectivity index (χ3v) is 3.11. The molecule has 0 aliphatic rings. The van der Waals surface area contributed by atoms with Gasteiger partial charge in [0, 0.05) is 29.7 Å². The predicted molar refractivity (Wildman–Crippen MR) is 85.3 cm³/mol. The molecule has 0 aliphatic carbocycles. The largest absolute Gasteiger partial charge is 0.457 e. The minimum absolute atomic E-state index is 0.161. The van der Waals surface area contributed by atoms with E-state index in [4.69, 9.17) is 16.2 Å². The molecule has 0 aliphatic heterocycles. The van der Waals surface area contributed by atoms with E-state index in [1.54, 1.807) is 12.4 Å². The molecule has 0 spiro atoms. The van der Waals surface area contributed by atoms with Gasteiger partial charge in [-0.15, -0.1) is 0 Å². The molecule has 6 nitrogen and oxygen atoms in total. The normalized spacial score (nSPS) is 10.4. The van der Waals surface area contributed by atoms with E-state index < -0.39 is 0 Å². The van der Waals surface area contributed by atoms with E-state index in [1.165, 1.54) is 0 Å². The van der Waals surface area contributed by atoms with Crippen molar-refractivity contribution in [2.45, 2.75) is 6.92 Å². The van der Waals surface area contributed by atoms with Gasteiger partial charge in [0.2, 0.25) is 5.95 Å². The quantitative estimate of drug-likeness (QED) is 0.770. The molecule has 6 heteroatoms. The molecule has 0 saturated carbocycles. The maximum atomic E-state index is 5.86. The number of benzene rings is 1. The first kappa shape index (κ1) is 13.8. The predicted octanol–water partition coefficient (Wildman–Crippen LogP) is 2.80. The first-order valence-corrected chi connectivity index (χ1v) is 6.71. The fourth-order valence-corrected chi connectivity index (χ4v) is 2.05. The van der Waals surface area contributed by atoms with Gasteiger partial charge in [0.1, 0.15) is 17.3 Å². The van der Waals surface area contributed by atoms with Crippen LogP contribution in [0.15, 0.2) is 48.8 Å². The van der Waals surface area contributed by atoms with Gasteiger partial charge in [-0.05, 0) is 30.7 Å². The molecule has 110 valence electrons. The van der Waals surface area contributed by atoms with Crippen LogP contribution in [0.3, 0.4) is 0 Å². The van der Waals surface area contributed by atoms with E-state index in [1.807, 2.05) is 43.3 Å². The van der Waals surface area contributed by atoms with Crippen LogP contribution in [-0.4, -0.2) is 15.0 Å². The van der Waals surface area contributed by atoms with Crippen molar-refractivity contribution in [1.82, 2.24) is 15.0 Å². The Balaban J connectivity index is 1.83. The van der Waals surface area contributed by atoms with Gasteiger partial charge >= 0.3 is 0 Å². The van der Waals surface area contributed by atoms with E-state index in [-0.39, 0.29) is 5.95 Å². The number of hydrogen-bond donors (Lipinski definition) is 2. The zero-order valence-corrected chi connectivity index (χ0v) is 12.0. The highest BCUT2D eigenvalue weighted by Crippen LogP contribution is 2.28. The monoisotopic (exact) mass is 293 g/mol. The van der Waals surface area contributed by atoms with Gasteiger partial charge in [0.15, 0.2) is 0 Å². The van der Waals surface area contributed by atoms with Crippen molar-refractivity contribution >= 4 is 11.8 Å². The number of nitrogen functional groups attached to an aromatic ring is 2. The van der Waals surface area contributed by atoms with Crippen LogP contribution in [0.25, 0.3) is 11.1 Å². The molecule has 4 N–H and O–H groups in total. The summed E-state index contributed by atoms with van der Waals surface area (Å²) in [6.45, 7) is 1.92. The zero-order valence-electron chi connectivity index (χ0n) is 12.0. The minimum Gasteiger partial charge on any atom is -0.457 e. The van der Waals surface area contributed by atoms with Crippen molar-refractivity contribution in [1.29, 1.82) is 0 Å². The molecule has 0 amide bonds. The summed E-state index contributed by atoms with van der Waals surface area (Å²) in [6.07, 6.45) is 3.32. The van der Waals surface area contributed by atoms with Crippen LogP contribution < -0.4 is 16.2 Å². The summed E-state index contributed by atoms with van der Waals surface area (Å²) < 4.78 is 5.78. The molecular formula is C16H15N5O. The van der Waals surface area contributed by atoms with Crippen molar-refractivity contribution in [3.05, 3.63) is 54.5 Å². The van der Waals surface area contributed by atoms with Crippen molar-refractivity contribution < 1.29 is 4.74 Å². The molecule has 1 aromatic carbocycles. The Morgan fingerprint density at radius 1 is 0.955 bits per heavy atom. The Morgan fingerprint density at radius 2 is 1.73 bits per heavy atom. The molecule has 3 rings (SSSR count). The topological polar surface area (TPSA) is 99.9 Å². The first-order valence-electron chi connectivity index (χ1n) is 6.71. The second kappa shape index (κ2) is 5.69. The number of hydrogen-bond acceptors (Lipinski definition) is 6. The Morgan fingerprint density at radius 3 is 2.41 bits per heavy atom. The van der Waals surface area contributed by atoms with Crippen LogP contribution in [0.1, 0.15) is 5.69 Å². The Labute approximate surface area is 127 Å². The summed E-state index contributed by atoms with van der Waals surface area (Å²) in [5.41, 5.74) is 13.9. The van der Waals surface area contributed by atoms with Gasteiger partial charge in [-0.25, -0.2) is 4.98 Å². The van der Waals surface area contributed by atoms with Gasteiger partial charge in [-0.1, -0.05) is 12.1 Å². The number of ether oxygens (including phenoxy) is 1. The molecule has 0 bridgehead atoms. The van der Waals surface area contributed by atoms with Gasteiger partial charge in [-0.2, -0.15) is 4.98 Å². The maximum absolute atomic E-state index is 5.86. The molecule has 3 aromatic rings. The van der Waals surface area contributed by atoms with Gasteiger partial charge in [0.25, 0.3) is 0 Å². The fourth-order valence-electron chi connectivity index (χ4n) is 2.05. The summed E-state index contributed by atoms with van der Waals surface area (Å²) in [7, 11) is 0. The van der Waals surface area contributed by atoms with Crippen molar-refractivity contribution in [2.24, 2.45) is 0 Å². The number of nitrogens with zero attached hydrogens (tertiary/aromatic N) is 3. The van der Waals surface area contributed by atoms with Crippen LogP contribution in [0.4, 0.5) is 11.8 Å². The summed E-state index contributed by atoms with van der Waals surface area (Å²) >= 11 is 0. The SMILES string of the molecule is Cc1cc(Oc2ccc(-c3cnc(N)nc3N)cc2)ccn1. The number of pyridine rings is 1. The van der Waals surface area contributed by atoms with Crippen LogP contribution in [0.5, 0.6) is 11.5 Å². The lowest BCUT2D eigenvalue weighted by molar-refractivity contribution is 0.481. The third kappa shape index (κ3) is 2.95. The van der Waals surface area contributed by atoms with Gasteiger partial charge < -0.3 is 16.2 Å². The van der Waals surface area contributed by atoms with Crippen molar-refractivity contribution in [3.8, 4) is 22.6 Å². The number of aryl methyl sites for hydroxylation is 1. The minimum atomic E-state index is 0.161. The first-order chi connectivity index (χ1) is 10.6. The number of aromatic nitrogens is 3. The zero-order chi connectivity index (χ0) is 15.5. The highest BCUT2D eigenvalue weighted by molar-refractivity contribution is 5.73. The van der Waals surface area contributed by atoms with E-state index in [9.17, 15) is 0 Å². The maximum Gasteiger partial charge on any atom is 0.221 e. The molecule has 22 heavy (non-hydrogen) atoms. The third-order valence-electron chi connectivity index (χ3n) is 3.11.